The maximum atomic E-state index is 5.22. The Labute approximate surface area is 111 Å². The van der Waals surface area contributed by atoms with Crippen molar-refractivity contribution in [1.82, 2.24) is 10.2 Å². The summed E-state index contributed by atoms with van der Waals surface area (Å²) >= 11 is 0. The molecule has 0 amide bonds. The van der Waals surface area contributed by atoms with Crippen LogP contribution in [0.1, 0.15) is 45.2 Å². The van der Waals surface area contributed by atoms with E-state index in [4.69, 9.17) is 4.42 Å². The largest absolute Gasteiger partial charge is 0.472 e. The van der Waals surface area contributed by atoms with Crippen LogP contribution in [0.3, 0.4) is 0 Å². The van der Waals surface area contributed by atoms with Gasteiger partial charge >= 0.3 is 0 Å². The average Bonchev–Trinajstić information content (AvgIpc) is 2.90. The van der Waals surface area contributed by atoms with Crippen molar-refractivity contribution in [3.63, 3.8) is 0 Å². The van der Waals surface area contributed by atoms with Crippen LogP contribution in [-0.4, -0.2) is 30.6 Å². The van der Waals surface area contributed by atoms with E-state index in [0.29, 0.717) is 12.1 Å². The second-order valence-corrected chi connectivity index (χ2v) is 5.74. The zero-order chi connectivity index (χ0) is 13.0. The summed E-state index contributed by atoms with van der Waals surface area (Å²) in [5.74, 6) is 0.788. The predicted octanol–water partition coefficient (Wildman–Crippen LogP) is 3.05. The van der Waals surface area contributed by atoms with Gasteiger partial charge in [0.25, 0.3) is 0 Å². The first-order valence-electron chi connectivity index (χ1n) is 7.17. The Morgan fingerprint density at radius 3 is 2.83 bits per heavy atom. The van der Waals surface area contributed by atoms with Gasteiger partial charge in [0.1, 0.15) is 0 Å². The minimum Gasteiger partial charge on any atom is -0.472 e. The van der Waals surface area contributed by atoms with E-state index in [0.717, 1.165) is 5.92 Å². The van der Waals surface area contributed by atoms with Crippen LogP contribution in [0.25, 0.3) is 0 Å². The van der Waals surface area contributed by atoms with Gasteiger partial charge in [-0.3, -0.25) is 4.90 Å². The summed E-state index contributed by atoms with van der Waals surface area (Å²) in [7, 11) is 0. The van der Waals surface area contributed by atoms with E-state index in [1.165, 1.54) is 38.0 Å². The highest BCUT2D eigenvalue weighted by molar-refractivity contribution is 5.11. The molecule has 3 heteroatoms. The molecule has 2 heterocycles. The minimum atomic E-state index is 0.436. The van der Waals surface area contributed by atoms with Gasteiger partial charge in [-0.25, -0.2) is 0 Å². The molecule has 2 unspecified atom stereocenters. The third-order valence-electron chi connectivity index (χ3n) is 4.05. The van der Waals surface area contributed by atoms with E-state index in [1.807, 2.05) is 6.26 Å². The lowest BCUT2D eigenvalue weighted by Gasteiger charge is -2.36. The molecule has 18 heavy (non-hydrogen) atoms. The molecule has 0 aliphatic carbocycles. The number of rotatable bonds is 5. The van der Waals surface area contributed by atoms with Crippen molar-refractivity contribution in [2.45, 2.75) is 45.7 Å². The molecular weight excluding hydrogens is 224 g/mol. The van der Waals surface area contributed by atoms with Crippen LogP contribution in [0.2, 0.25) is 0 Å². The summed E-state index contributed by atoms with van der Waals surface area (Å²) in [6.45, 7) is 10.4. The van der Waals surface area contributed by atoms with Crippen molar-refractivity contribution in [3.8, 4) is 0 Å². The monoisotopic (exact) mass is 250 g/mol. The number of hydrogen-bond donors (Lipinski definition) is 1. The highest BCUT2D eigenvalue weighted by atomic mass is 16.3. The van der Waals surface area contributed by atoms with Crippen molar-refractivity contribution >= 4 is 0 Å². The van der Waals surface area contributed by atoms with Crippen molar-refractivity contribution < 1.29 is 4.42 Å². The van der Waals surface area contributed by atoms with E-state index in [1.54, 1.807) is 6.26 Å². The van der Waals surface area contributed by atoms with E-state index in [-0.39, 0.29) is 0 Å². The second kappa shape index (κ2) is 6.39. The van der Waals surface area contributed by atoms with Gasteiger partial charge in [-0.15, -0.1) is 0 Å². The van der Waals surface area contributed by atoms with Gasteiger partial charge in [-0.1, -0.05) is 0 Å². The summed E-state index contributed by atoms with van der Waals surface area (Å²) in [5, 5.41) is 3.51. The molecule has 102 valence electrons. The van der Waals surface area contributed by atoms with Gasteiger partial charge in [-0.2, -0.15) is 0 Å². The summed E-state index contributed by atoms with van der Waals surface area (Å²) in [6.07, 6.45) is 6.32. The molecule has 0 saturated carbocycles. The van der Waals surface area contributed by atoms with Gasteiger partial charge in [0, 0.05) is 24.2 Å². The van der Waals surface area contributed by atoms with Crippen molar-refractivity contribution in [3.05, 3.63) is 24.2 Å². The van der Waals surface area contributed by atoms with E-state index in [2.05, 4.69) is 37.1 Å². The minimum absolute atomic E-state index is 0.436. The van der Waals surface area contributed by atoms with Crippen molar-refractivity contribution in [2.24, 2.45) is 5.92 Å². The third kappa shape index (κ3) is 3.36. The zero-order valence-corrected chi connectivity index (χ0v) is 11.9. The Hall–Kier alpha value is -0.800. The fraction of sp³-hybridized carbons (Fsp3) is 0.733. The smallest absolute Gasteiger partial charge is 0.0950 e. The predicted molar refractivity (Wildman–Crippen MR) is 74.6 cm³/mol. The zero-order valence-electron chi connectivity index (χ0n) is 11.9. The first kappa shape index (κ1) is 13.6. The standard InChI is InChI=1S/C15H26N2O/c1-12(2)17(10-14-5-4-7-16-9-14)13(3)15-6-8-18-11-15/h6,8,11-14,16H,4-5,7,9-10H2,1-3H3. The normalized spacial score (nSPS) is 22.6. The average molecular weight is 250 g/mol. The Bertz CT molecular complexity index is 328. The molecule has 1 saturated heterocycles. The Kier molecular flexibility index (Phi) is 4.84. The van der Waals surface area contributed by atoms with Crippen molar-refractivity contribution in [2.75, 3.05) is 19.6 Å². The topological polar surface area (TPSA) is 28.4 Å². The molecule has 1 N–H and O–H groups in total. The molecular formula is C15H26N2O. The van der Waals surface area contributed by atoms with Gasteiger partial charge in [0.05, 0.1) is 12.5 Å². The molecule has 0 spiro atoms. The number of hydrogen-bond acceptors (Lipinski definition) is 3. The Balaban J connectivity index is 1.98. The molecule has 2 rings (SSSR count). The number of furan rings is 1. The fourth-order valence-electron chi connectivity index (χ4n) is 2.90. The first-order valence-corrected chi connectivity index (χ1v) is 7.17. The maximum Gasteiger partial charge on any atom is 0.0950 e. The summed E-state index contributed by atoms with van der Waals surface area (Å²) in [4.78, 5) is 2.59. The summed E-state index contributed by atoms with van der Waals surface area (Å²) in [6, 6.07) is 3.08. The second-order valence-electron chi connectivity index (χ2n) is 5.74. The lowest BCUT2D eigenvalue weighted by Crippen LogP contribution is -2.42. The molecule has 2 atom stereocenters. The van der Waals surface area contributed by atoms with Crippen molar-refractivity contribution in [1.29, 1.82) is 0 Å². The molecule has 0 radical (unpaired) electrons. The molecule has 1 aromatic heterocycles. The van der Waals surface area contributed by atoms with E-state index < -0.39 is 0 Å². The molecule has 1 aliphatic rings. The fourth-order valence-corrected chi connectivity index (χ4v) is 2.90. The number of nitrogens with zero attached hydrogens (tertiary/aromatic N) is 1. The quantitative estimate of drug-likeness (QED) is 0.870. The molecule has 1 aliphatic heterocycles. The molecule has 1 fully saturated rings. The van der Waals surface area contributed by atoms with Gasteiger partial charge in [0.15, 0.2) is 0 Å². The molecule has 0 bridgehead atoms. The van der Waals surface area contributed by atoms with Crippen LogP contribution < -0.4 is 5.32 Å². The first-order chi connectivity index (χ1) is 8.68. The molecule has 1 aromatic rings. The lowest BCUT2D eigenvalue weighted by atomic mass is 9.97. The van der Waals surface area contributed by atoms with Crippen LogP contribution in [0.15, 0.2) is 23.0 Å². The Morgan fingerprint density at radius 1 is 1.44 bits per heavy atom. The summed E-state index contributed by atoms with van der Waals surface area (Å²) < 4.78 is 5.22. The molecule has 3 nitrogen and oxygen atoms in total. The van der Waals surface area contributed by atoms with Crippen LogP contribution in [0.5, 0.6) is 0 Å². The SMILES string of the molecule is CC(C)N(CC1CCCNC1)C(C)c1ccoc1. The number of piperidine rings is 1. The maximum absolute atomic E-state index is 5.22. The third-order valence-corrected chi connectivity index (χ3v) is 4.05. The highest BCUT2D eigenvalue weighted by Gasteiger charge is 2.24. The van der Waals surface area contributed by atoms with Gasteiger partial charge in [-0.05, 0) is 58.7 Å². The lowest BCUT2D eigenvalue weighted by molar-refractivity contribution is 0.126. The van der Waals surface area contributed by atoms with Gasteiger partial charge in [0.2, 0.25) is 0 Å². The van der Waals surface area contributed by atoms with Gasteiger partial charge < -0.3 is 9.73 Å². The molecule has 0 aromatic carbocycles. The number of nitrogens with one attached hydrogen (secondary N) is 1. The van der Waals surface area contributed by atoms with E-state index >= 15 is 0 Å². The van der Waals surface area contributed by atoms with Crippen LogP contribution in [-0.2, 0) is 0 Å². The van der Waals surface area contributed by atoms with Crippen LogP contribution in [0.4, 0.5) is 0 Å². The summed E-state index contributed by atoms with van der Waals surface area (Å²) in [5.41, 5.74) is 1.28. The van der Waals surface area contributed by atoms with Crippen LogP contribution >= 0.6 is 0 Å². The Morgan fingerprint density at radius 2 is 2.28 bits per heavy atom. The van der Waals surface area contributed by atoms with E-state index in [9.17, 15) is 0 Å². The van der Waals surface area contributed by atoms with Crippen LogP contribution in [0, 0.1) is 5.92 Å². The highest BCUT2D eigenvalue weighted by Crippen LogP contribution is 2.25.